The molecule has 2 aromatic carbocycles. The molecule has 2 rings (SSSR count). The van der Waals surface area contributed by atoms with Crippen molar-refractivity contribution in [2.75, 3.05) is 14.2 Å². The van der Waals surface area contributed by atoms with E-state index in [-0.39, 0.29) is 6.61 Å². The second-order valence-electron chi connectivity index (χ2n) is 4.67. The molecule has 0 aliphatic heterocycles. The molecule has 0 N–H and O–H groups in total. The Morgan fingerprint density at radius 2 is 1.83 bits per heavy atom. The lowest BCUT2D eigenvalue weighted by molar-refractivity contribution is -0.138. The number of rotatable bonds is 6. The number of halogens is 1. The summed E-state index contributed by atoms with van der Waals surface area (Å²) in [6.45, 7) is 0.101. The van der Waals surface area contributed by atoms with Crippen molar-refractivity contribution in [1.29, 1.82) is 0 Å². The van der Waals surface area contributed by atoms with Crippen molar-refractivity contribution < 1.29 is 19.0 Å². The fraction of sp³-hybridized carbons (Fsp3) is 0.167. The molecule has 0 saturated carbocycles. The van der Waals surface area contributed by atoms with Crippen LogP contribution in [0.5, 0.6) is 11.5 Å². The van der Waals surface area contributed by atoms with Gasteiger partial charge in [0.2, 0.25) is 0 Å². The highest BCUT2D eigenvalue weighted by atomic mass is 35.5. The van der Waals surface area contributed by atoms with Crippen LogP contribution in [-0.2, 0) is 16.1 Å². The Morgan fingerprint density at radius 3 is 2.48 bits per heavy atom. The molecule has 2 aromatic rings. The molecule has 0 heterocycles. The van der Waals surface area contributed by atoms with E-state index in [9.17, 15) is 4.79 Å². The van der Waals surface area contributed by atoms with Crippen LogP contribution < -0.4 is 9.47 Å². The minimum Gasteiger partial charge on any atom is -0.497 e. The minimum absolute atomic E-state index is 0.101. The summed E-state index contributed by atoms with van der Waals surface area (Å²) in [5.41, 5.74) is 1.60. The highest BCUT2D eigenvalue weighted by Gasteiger charge is 2.07. The standard InChI is InChI=1S/C18H17ClO4/c1-21-16-8-9-17(22-2)14(11-16)12-23-18(20)10-5-13-3-6-15(19)7-4-13/h3-11H,12H2,1-2H3/b10-5+. The molecule has 0 radical (unpaired) electrons. The molecule has 23 heavy (non-hydrogen) atoms. The van der Waals surface area contributed by atoms with Gasteiger partial charge in [0.25, 0.3) is 0 Å². The first-order chi connectivity index (χ1) is 11.1. The van der Waals surface area contributed by atoms with E-state index in [1.54, 1.807) is 50.6 Å². The quantitative estimate of drug-likeness (QED) is 0.590. The number of benzene rings is 2. The van der Waals surface area contributed by atoms with Gasteiger partial charge in [0.15, 0.2) is 0 Å². The average Bonchev–Trinajstić information content (AvgIpc) is 2.59. The second-order valence-corrected chi connectivity index (χ2v) is 5.11. The smallest absolute Gasteiger partial charge is 0.331 e. The third-order valence-electron chi connectivity index (χ3n) is 3.14. The fourth-order valence-corrected chi connectivity index (χ4v) is 2.06. The molecule has 0 aliphatic rings. The van der Waals surface area contributed by atoms with Crippen LogP contribution in [0.2, 0.25) is 5.02 Å². The predicted octanol–water partition coefficient (Wildman–Crippen LogP) is 4.11. The summed E-state index contributed by atoms with van der Waals surface area (Å²) in [6.07, 6.45) is 3.04. The molecule has 0 amide bonds. The van der Waals surface area contributed by atoms with Crippen molar-refractivity contribution in [1.82, 2.24) is 0 Å². The highest BCUT2D eigenvalue weighted by Crippen LogP contribution is 2.24. The van der Waals surface area contributed by atoms with Crippen LogP contribution in [0.15, 0.2) is 48.5 Å². The number of methoxy groups -OCH3 is 2. The van der Waals surface area contributed by atoms with Crippen LogP contribution in [0.3, 0.4) is 0 Å². The van der Waals surface area contributed by atoms with Gasteiger partial charge in [-0.3, -0.25) is 0 Å². The van der Waals surface area contributed by atoms with E-state index in [0.717, 1.165) is 11.1 Å². The summed E-state index contributed by atoms with van der Waals surface area (Å²) < 4.78 is 15.6. The number of carbonyl (C=O) groups is 1. The lowest BCUT2D eigenvalue weighted by Gasteiger charge is -2.10. The molecule has 5 heteroatoms. The second kappa shape index (κ2) is 8.25. The van der Waals surface area contributed by atoms with Gasteiger partial charge >= 0.3 is 5.97 Å². The monoisotopic (exact) mass is 332 g/mol. The zero-order valence-corrected chi connectivity index (χ0v) is 13.7. The SMILES string of the molecule is COc1ccc(OC)c(COC(=O)/C=C/c2ccc(Cl)cc2)c1. The van der Waals surface area contributed by atoms with Crippen molar-refractivity contribution in [2.24, 2.45) is 0 Å². The van der Waals surface area contributed by atoms with Crippen LogP contribution >= 0.6 is 11.6 Å². The fourth-order valence-electron chi connectivity index (χ4n) is 1.93. The summed E-state index contributed by atoms with van der Waals surface area (Å²) >= 11 is 5.81. The molecule has 0 fully saturated rings. The first-order valence-electron chi connectivity index (χ1n) is 6.93. The highest BCUT2D eigenvalue weighted by molar-refractivity contribution is 6.30. The van der Waals surface area contributed by atoms with Gasteiger partial charge in [0.05, 0.1) is 14.2 Å². The average molecular weight is 333 g/mol. The first kappa shape index (κ1) is 16.9. The molecule has 0 spiro atoms. The van der Waals surface area contributed by atoms with Crippen molar-refractivity contribution in [3.8, 4) is 11.5 Å². The van der Waals surface area contributed by atoms with E-state index < -0.39 is 5.97 Å². The number of carbonyl (C=O) groups excluding carboxylic acids is 1. The molecule has 120 valence electrons. The van der Waals surface area contributed by atoms with Crippen LogP contribution in [-0.4, -0.2) is 20.2 Å². The van der Waals surface area contributed by atoms with Crippen molar-refractivity contribution in [2.45, 2.75) is 6.61 Å². The van der Waals surface area contributed by atoms with Crippen molar-refractivity contribution >= 4 is 23.6 Å². The maximum atomic E-state index is 11.8. The van der Waals surface area contributed by atoms with Crippen LogP contribution in [0.4, 0.5) is 0 Å². The van der Waals surface area contributed by atoms with Crippen molar-refractivity contribution in [3.63, 3.8) is 0 Å². The van der Waals surface area contributed by atoms with Gasteiger partial charge in [-0.2, -0.15) is 0 Å². The van der Waals surface area contributed by atoms with E-state index in [0.29, 0.717) is 16.5 Å². The Balaban J connectivity index is 1.97. The van der Waals surface area contributed by atoms with E-state index in [1.807, 2.05) is 12.1 Å². The largest absolute Gasteiger partial charge is 0.497 e. The Bertz CT molecular complexity index is 693. The normalized spacial score (nSPS) is 10.6. The van der Waals surface area contributed by atoms with Gasteiger partial charge in [-0.05, 0) is 42.0 Å². The van der Waals surface area contributed by atoms with E-state index in [4.69, 9.17) is 25.8 Å². The van der Waals surface area contributed by atoms with Gasteiger partial charge < -0.3 is 14.2 Å². The Hall–Kier alpha value is -2.46. The van der Waals surface area contributed by atoms with Gasteiger partial charge in [-0.15, -0.1) is 0 Å². The molecule has 0 aromatic heterocycles. The zero-order chi connectivity index (χ0) is 16.7. The molecular weight excluding hydrogens is 316 g/mol. The summed E-state index contributed by atoms with van der Waals surface area (Å²) in [7, 11) is 3.14. The van der Waals surface area contributed by atoms with E-state index in [2.05, 4.69) is 0 Å². The molecule has 0 aliphatic carbocycles. The molecule has 0 saturated heterocycles. The molecule has 0 bridgehead atoms. The predicted molar refractivity (Wildman–Crippen MR) is 89.8 cm³/mol. The summed E-state index contributed by atoms with van der Waals surface area (Å²) in [5.74, 6) is 0.874. The Morgan fingerprint density at radius 1 is 1.09 bits per heavy atom. The zero-order valence-electron chi connectivity index (χ0n) is 12.9. The van der Waals surface area contributed by atoms with Crippen LogP contribution in [0.1, 0.15) is 11.1 Å². The Labute approximate surface area is 140 Å². The van der Waals surface area contributed by atoms with Crippen LogP contribution in [0, 0.1) is 0 Å². The number of esters is 1. The van der Waals surface area contributed by atoms with Crippen LogP contribution in [0.25, 0.3) is 6.08 Å². The van der Waals surface area contributed by atoms with E-state index >= 15 is 0 Å². The molecule has 0 unspecified atom stereocenters. The summed E-state index contributed by atoms with van der Waals surface area (Å²) in [5, 5.41) is 0.648. The summed E-state index contributed by atoms with van der Waals surface area (Å²) in [4.78, 5) is 11.8. The van der Waals surface area contributed by atoms with Gasteiger partial charge in [-0.1, -0.05) is 23.7 Å². The van der Waals surface area contributed by atoms with Gasteiger partial charge in [0, 0.05) is 16.7 Å². The number of hydrogen-bond donors (Lipinski definition) is 0. The lowest BCUT2D eigenvalue weighted by atomic mass is 10.2. The third-order valence-corrected chi connectivity index (χ3v) is 3.39. The lowest BCUT2D eigenvalue weighted by Crippen LogP contribution is -2.02. The molecule has 0 atom stereocenters. The minimum atomic E-state index is -0.440. The van der Waals surface area contributed by atoms with E-state index in [1.165, 1.54) is 6.08 Å². The van der Waals surface area contributed by atoms with Crippen molar-refractivity contribution in [3.05, 3.63) is 64.7 Å². The maximum Gasteiger partial charge on any atom is 0.331 e. The molecule has 4 nitrogen and oxygen atoms in total. The third kappa shape index (κ3) is 5.04. The molecular formula is C18H17ClO4. The number of ether oxygens (including phenoxy) is 3. The number of hydrogen-bond acceptors (Lipinski definition) is 4. The van der Waals surface area contributed by atoms with Gasteiger partial charge in [0.1, 0.15) is 18.1 Å². The first-order valence-corrected chi connectivity index (χ1v) is 7.31. The Kier molecular flexibility index (Phi) is 6.06. The maximum absolute atomic E-state index is 11.8. The topological polar surface area (TPSA) is 44.8 Å². The van der Waals surface area contributed by atoms with Gasteiger partial charge in [-0.25, -0.2) is 4.79 Å². The summed E-state index contributed by atoms with van der Waals surface area (Å²) in [6, 6.07) is 12.5.